The molecule has 1 aromatic heterocycles. The number of ether oxygens (including phenoxy) is 1. The van der Waals surface area contributed by atoms with E-state index in [9.17, 15) is 0 Å². The van der Waals surface area contributed by atoms with Crippen LogP contribution >= 0.6 is 0 Å². The summed E-state index contributed by atoms with van der Waals surface area (Å²) in [5.74, 6) is 1.15. The molecule has 1 heterocycles. The molecule has 0 aliphatic carbocycles. The molecule has 5 heteroatoms. The number of nitrogen functional groups attached to an aromatic ring is 1. The number of nitrogens with zero attached hydrogens (tertiary/aromatic N) is 2. The monoisotopic (exact) mass is 281 g/mol. The van der Waals surface area contributed by atoms with Gasteiger partial charge in [0, 0.05) is 12.3 Å². The van der Waals surface area contributed by atoms with Crippen LogP contribution in [0.25, 0.3) is 10.9 Å². The molecule has 21 heavy (non-hydrogen) atoms. The van der Waals surface area contributed by atoms with Gasteiger partial charge in [0.2, 0.25) is 5.88 Å². The van der Waals surface area contributed by atoms with Crippen molar-refractivity contribution in [1.29, 1.82) is 0 Å². The van der Waals surface area contributed by atoms with Crippen molar-refractivity contribution in [2.75, 3.05) is 12.3 Å². The molecule has 0 aliphatic heterocycles. The molecule has 0 atom stereocenters. The molecule has 3 N–H and O–H groups in total. The second kappa shape index (κ2) is 5.76. The Morgan fingerprint density at radius 2 is 1.86 bits per heavy atom. The Hall–Kier alpha value is -2.66. The van der Waals surface area contributed by atoms with Crippen LogP contribution in [0.4, 0.5) is 5.69 Å². The molecule has 0 spiro atoms. The number of anilines is 1. The molecule has 5 nitrogen and oxygen atoms in total. The van der Waals surface area contributed by atoms with Crippen LogP contribution in [-0.4, -0.2) is 21.7 Å². The topological polar surface area (TPSA) is 81.3 Å². The summed E-state index contributed by atoms with van der Waals surface area (Å²) in [5, 5.41) is 9.68. The van der Waals surface area contributed by atoms with Crippen LogP contribution in [0.5, 0.6) is 11.6 Å². The number of aliphatic hydroxyl groups is 1. The first kappa shape index (κ1) is 13.3. The SMILES string of the molecule is Nc1ccc2ncnc(Oc3ccc(CCO)cc3)c2c1. The van der Waals surface area contributed by atoms with Crippen LogP contribution in [-0.2, 0) is 6.42 Å². The van der Waals surface area contributed by atoms with Crippen molar-refractivity contribution < 1.29 is 9.84 Å². The third-order valence-corrected chi connectivity index (χ3v) is 3.16. The van der Waals surface area contributed by atoms with Crippen LogP contribution in [0.1, 0.15) is 5.56 Å². The largest absolute Gasteiger partial charge is 0.438 e. The molecule has 3 rings (SSSR count). The molecule has 0 unspecified atom stereocenters. The molecule has 0 aliphatic rings. The maximum absolute atomic E-state index is 8.91. The van der Waals surface area contributed by atoms with E-state index >= 15 is 0 Å². The molecule has 0 saturated carbocycles. The Morgan fingerprint density at radius 3 is 2.62 bits per heavy atom. The number of aliphatic hydroxyl groups excluding tert-OH is 1. The van der Waals surface area contributed by atoms with Crippen molar-refractivity contribution in [2.24, 2.45) is 0 Å². The Morgan fingerprint density at radius 1 is 1.05 bits per heavy atom. The van der Waals surface area contributed by atoms with Gasteiger partial charge in [-0.15, -0.1) is 0 Å². The van der Waals surface area contributed by atoms with E-state index in [0.29, 0.717) is 23.7 Å². The van der Waals surface area contributed by atoms with Crippen molar-refractivity contribution in [3.05, 3.63) is 54.4 Å². The number of rotatable bonds is 4. The van der Waals surface area contributed by atoms with Crippen LogP contribution in [0.2, 0.25) is 0 Å². The maximum Gasteiger partial charge on any atom is 0.230 e. The van der Waals surface area contributed by atoms with Crippen LogP contribution in [0.3, 0.4) is 0 Å². The van der Waals surface area contributed by atoms with Crippen LogP contribution in [0, 0.1) is 0 Å². The highest BCUT2D eigenvalue weighted by molar-refractivity contribution is 5.86. The van der Waals surface area contributed by atoms with Crippen molar-refractivity contribution in [2.45, 2.75) is 6.42 Å². The predicted octanol–water partition coefficient (Wildman–Crippen LogP) is 2.54. The molecule has 0 fully saturated rings. The third-order valence-electron chi connectivity index (χ3n) is 3.16. The van der Waals surface area contributed by atoms with Gasteiger partial charge >= 0.3 is 0 Å². The van der Waals surface area contributed by atoms with E-state index in [2.05, 4.69) is 9.97 Å². The molecule has 0 amide bonds. The van der Waals surface area contributed by atoms with E-state index in [1.54, 1.807) is 12.1 Å². The average Bonchev–Trinajstić information content (AvgIpc) is 2.50. The summed E-state index contributed by atoms with van der Waals surface area (Å²) in [5.41, 5.74) is 8.28. The minimum Gasteiger partial charge on any atom is -0.438 e. The van der Waals surface area contributed by atoms with Crippen molar-refractivity contribution in [3.63, 3.8) is 0 Å². The van der Waals surface area contributed by atoms with Crippen LogP contribution < -0.4 is 10.5 Å². The molecular formula is C16H15N3O2. The van der Waals surface area contributed by atoms with Gasteiger partial charge in [-0.3, -0.25) is 0 Å². The quantitative estimate of drug-likeness (QED) is 0.718. The van der Waals surface area contributed by atoms with Crippen molar-refractivity contribution >= 4 is 16.6 Å². The first-order valence-electron chi connectivity index (χ1n) is 6.64. The fourth-order valence-corrected chi connectivity index (χ4v) is 2.10. The second-order valence-corrected chi connectivity index (χ2v) is 4.68. The summed E-state index contributed by atoms with van der Waals surface area (Å²) in [7, 11) is 0. The fraction of sp³-hybridized carbons (Fsp3) is 0.125. The van der Waals surface area contributed by atoms with E-state index in [0.717, 1.165) is 16.5 Å². The van der Waals surface area contributed by atoms with E-state index in [1.807, 2.05) is 30.3 Å². The van der Waals surface area contributed by atoms with Gasteiger partial charge in [0.25, 0.3) is 0 Å². The van der Waals surface area contributed by atoms with Crippen molar-refractivity contribution in [1.82, 2.24) is 9.97 Å². The van der Waals surface area contributed by atoms with Gasteiger partial charge in [0.15, 0.2) is 0 Å². The highest BCUT2D eigenvalue weighted by atomic mass is 16.5. The molecular weight excluding hydrogens is 266 g/mol. The lowest BCUT2D eigenvalue weighted by Gasteiger charge is -2.08. The number of hydrogen-bond acceptors (Lipinski definition) is 5. The summed E-state index contributed by atoms with van der Waals surface area (Å²) in [6.07, 6.45) is 2.10. The zero-order valence-corrected chi connectivity index (χ0v) is 11.4. The van der Waals surface area contributed by atoms with Crippen LogP contribution in [0.15, 0.2) is 48.8 Å². The second-order valence-electron chi connectivity index (χ2n) is 4.68. The predicted molar refractivity (Wildman–Crippen MR) is 81.3 cm³/mol. The molecule has 0 radical (unpaired) electrons. The van der Waals surface area contributed by atoms with E-state index in [1.165, 1.54) is 6.33 Å². The first-order chi connectivity index (χ1) is 10.3. The van der Waals surface area contributed by atoms with Gasteiger partial charge in [-0.2, -0.15) is 0 Å². The van der Waals surface area contributed by atoms with E-state index < -0.39 is 0 Å². The number of nitrogens with two attached hydrogens (primary N) is 1. The zero-order chi connectivity index (χ0) is 14.7. The molecule has 2 aromatic carbocycles. The van der Waals surface area contributed by atoms with Gasteiger partial charge in [-0.05, 0) is 42.3 Å². The Balaban J connectivity index is 1.92. The summed E-state index contributed by atoms with van der Waals surface area (Å²) in [4.78, 5) is 8.36. The Labute approximate surface area is 122 Å². The van der Waals surface area contributed by atoms with Gasteiger partial charge in [0.05, 0.1) is 10.9 Å². The summed E-state index contributed by atoms with van der Waals surface area (Å²) in [6.45, 7) is 0.135. The number of benzene rings is 2. The average molecular weight is 281 g/mol. The minimum absolute atomic E-state index is 0.135. The fourth-order valence-electron chi connectivity index (χ4n) is 2.10. The Kier molecular flexibility index (Phi) is 3.66. The highest BCUT2D eigenvalue weighted by Crippen LogP contribution is 2.28. The molecule has 3 aromatic rings. The van der Waals surface area contributed by atoms with Gasteiger partial charge < -0.3 is 15.6 Å². The first-order valence-corrected chi connectivity index (χ1v) is 6.64. The lowest BCUT2D eigenvalue weighted by atomic mass is 10.1. The molecule has 0 bridgehead atoms. The lowest BCUT2D eigenvalue weighted by Crippen LogP contribution is -1.94. The van der Waals surface area contributed by atoms with E-state index in [-0.39, 0.29) is 6.61 Å². The number of aromatic nitrogens is 2. The normalized spacial score (nSPS) is 10.7. The minimum atomic E-state index is 0.135. The Bertz CT molecular complexity index is 757. The molecule has 106 valence electrons. The van der Waals surface area contributed by atoms with Gasteiger partial charge in [0.1, 0.15) is 12.1 Å². The van der Waals surface area contributed by atoms with E-state index in [4.69, 9.17) is 15.6 Å². The summed E-state index contributed by atoms with van der Waals surface area (Å²) >= 11 is 0. The molecule has 0 saturated heterocycles. The van der Waals surface area contributed by atoms with Crippen molar-refractivity contribution in [3.8, 4) is 11.6 Å². The number of fused-ring (bicyclic) bond motifs is 1. The summed E-state index contributed by atoms with van der Waals surface area (Å²) < 4.78 is 5.81. The smallest absolute Gasteiger partial charge is 0.230 e. The summed E-state index contributed by atoms with van der Waals surface area (Å²) in [6, 6.07) is 13.0. The standard InChI is InChI=1S/C16H15N3O2/c17-12-3-6-15-14(9-12)16(19-10-18-15)21-13-4-1-11(2-5-13)7-8-20/h1-6,9-10,20H,7-8,17H2. The lowest BCUT2D eigenvalue weighted by molar-refractivity contribution is 0.299. The maximum atomic E-state index is 8.91. The van der Waals surface area contributed by atoms with Gasteiger partial charge in [-0.25, -0.2) is 9.97 Å². The number of hydrogen-bond donors (Lipinski definition) is 2. The highest BCUT2D eigenvalue weighted by Gasteiger charge is 2.06. The van der Waals surface area contributed by atoms with Gasteiger partial charge in [-0.1, -0.05) is 12.1 Å². The zero-order valence-electron chi connectivity index (χ0n) is 11.4. The third kappa shape index (κ3) is 2.93.